The summed E-state index contributed by atoms with van der Waals surface area (Å²) in [7, 11) is 0. The van der Waals surface area contributed by atoms with Crippen LogP contribution in [-0.2, 0) is 86.4 Å². The molecule has 4 aromatic carbocycles. The van der Waals surface area contributed by atoms with Crippen molar-refractivity contribution in [3.05, 3.63) is 108 Å². The number of aliphatic carboxylic acids is 1. The van der Waals surface area contributed by atoms with Crippen molar-refractivity contribution in [2.24, 2.45) is 51.6 Å². The number of unbranched alkanes of at least 4 members (excludes halogenated alkanes) is 2. The molecule has 1 aliphatic rings. The molecule has 0 unspecified atom stereocenters. The summed E-state index contributed by atoms with van der Waals surface area (Å²) < 4.78 is 0. The van der Waals surface area contributed by atoms with Crippen LogP contribution in [0, 0.1) is 27.0 Å². The molecule has 44 N–H and O–H groups in total. The Kier molecular flexibility index (Phi) is 53.3. The Morgan fingerprint density at radius 2 is 0.636 bits per heavy atom. The number of thiol groups is 2. The Bertz CT molecular complexity index is 4940. The molecule has 0 saturated carbocycles. The molecule has 143 heavy (non-hydrogen) atoms. The molecule has 1 heterocycles. The Balaban J connectivity index is 1.47. The molecule has 1 fully saturated rings. The van der Waals surface area contributed by atoms with Gasteiger partial charge in [0.1, 0.15) is 90.0 Å². The third-order valence-corrected chi connectivity index (χ3v) is 23.6. The van der Waals surface area contributed by atoms with E-state index in [9.17, 15) is 58.5 Å². The van der Waals surface area contributed by atoms with E-state index in [1.54, 1.807) is 18.2 Å². The zero-order chi connectivity index (χ0) is 106. The summed E-state index contributed by atoms with van der Waals surface area (Å²) in [6.07, 6.45) is 0.0430. The number of primary amides is 1. The molecule has 788 valence electrons. The maximum absolute atomic E-state index is 15.4. The van der Waals surface area contributed by atoms with Crippen LogP contribution in [0.25, 0.3) is 10.8 Å². The highest BCUT2D eigenvalue weighted by Gasteiger charge is 2.42. The minimum Gasteiger partial charge on any atom is -0.508 e. The summed E-state index contributed by atoms with van der Waals surface area (Å²) in [6, 6.07) is 2.02. The molecule has 5 rings (SSSR count). The van der Waals surface area contributed by atoms with Gasteiger partial charge in [-0.3, -0.25) is 89.4 Å². The number of aromatic hydroxyl groups is 2. The van der Waals surface area contributed by atoms with Gasteiger partial charge >= 0.3 is 12.0 Å². The topological polar surface area (TPSA) is 890 Å². The van der Waals surface area contributed by atoms with Crippen LogP contribution in [0.2, 0.25) is 0 Å². The van der Waals surface area contributed by atoms with Gasteiger partial charge < -0.3 is 168 Å². The van der Waals surface area contributed by atoms with Crippen LogP contribution in [0.4, 0.5) is 4.79 Å². The van der Waals surface area contributed by atoms with Gasteiger partial charge in [0.2, 0.25) is 76.8 Å². The summed E-state index contributed by atoms with van der Waals surface area (Å²) in [6.45, 7) is 0.429. The molecule has 53 heteroatoms. The van der Waals surface area contributed by atoms with E-state index in [4.69, 9.17) is 78.6 Å². The number of carboxylic acids is 1. The SMILES string of the molecule is N=C(N)NCCC[C@H](NC(=O)[C@H](CS)NC(=O)[C@H](CCCNC(N)=O)NC(=O)[C@H](CCCNC(=N)N)NC(=O)[C@H](Cc1ccc(O)cc1)NC(=O)[C@@H]1CCCN1C(=O)[C@@H](CCCCN)NC(=O)[C@H](CCCCN)NC(=O)[C@H](CCCNC(=N)N)NC(=O)[C@H](Cc1ccc(O)cc1)NC(=O)[C@H](CS)NC(=O)[C@H](Cc1ccc2ccccc2c1)NC(=O)[C@H](CCCNC(=N)N)NC(=O)[C@@H](N)CCCNC(=N)N)C(=O)O. The van der Waals surface area contributed by atoms with Gasteiger partial charge in [0.25, 0.3) is 0 Å². The zero-order valence-corrected chi connectivity index (χ0v) is 81.6. The third kappa shape index (κ3) is 44.9. The van der Waals surface area contributed by atoms with Crippen LogP contribution < -0.4 is 147 Å². The van der Waals surface area contributed by atoms with Gasteiger partial charge in [0.05, 0.1) is 6.04 Å². The van der Waals surface area contributed by atoms with Crippen molar-refractivity contribution in [1.82, 2.24) is 101 Å². The van der Waals surface area contributed by atoms with Crippen molar-refractivity contribution >= 4 is 155 Å². The van der Waals surface area contributed by atoms with Crippen molar-refractivity contribution in [2.45, 2.75) is 232 Å². The van der Waals surface area contributed by atoms with Gasteiger partial charge in [-0.2, -0.15) is 25.3 Å². The summed E-state index contributed by atoms with van der Waals surface area (Å²) in [4.78, 5) is 217. The number of phenols is 2. The summed E-state index contributed by atoms with van der Waals surface area (Å²) in [5.41, 5.74) is 52.3. The second kappa shape index (κ2) is 64.1. The lowest BCUT2D eigenvalue weighted by atomic mass is 10.00. The molecule has 0 radical (unpaired) electrons. The quantitative estimate of drug-likeness (QED) is 0.00846. The third-order valence-electron chi connectivity index (χ3n) is 22.9. The molecule has 0 aliphatic carbocycles. The maximum atomic E-state index is 15.4. The van der Waals surface area contributed by atoms with E-state index in [0.29, 0.717) is 36.0 Å². The number of carboxylic acid groups (broad SMARTS) is 1. The van der Waals surface area contributed by atoms with Crippen molar-refractivity contribution in [1.29, 1.82) is 27.0 Å². The summed E-state index contributed by atoms with van der Waals surface area (Å²) in [5, 5.41) is 118. The number of hydrogen-bond donors (Lipinski definition) is 37. The van der Waals surface area contributed by atoms with E-state index in [1.807, 2.05) is 24.3 Å². The standard InChI is InChI=1S/C90H143N33O18S2/c91-35-5-3-17-58(112-72(127)60(20-9-39-107-87(98)99)114-77(132)65(45-50-26-31-55(124)32-27-50)119-81(136)69(49-143)122-79(134)67(47-52-25-30-53-14-1-2-15-54(53)44-52)118-75(130)59(19-8-38-106-86(96)97)111-71(126)57(93)16-7-37-105-85(94)95)74(129)116-63(18-4-6-36-92)83(138)123-43-13-24-70(123)82(137)120-66(46-51-28-33-56(125)34-29-51)78(133)115-61(21-10-40-108-88(100)101)73(128)113-62(22-11-42-110-90(104)141)76(131)121-68(48-142)80(135)117-64(84(139)140)23-12-41-109-89(102)103/h1-2,14-15,25-34,44,57-70,124-125,142-143H,3-13,16-24,35-43,45-49,91-93H2,(H,111,126)(H,112,127)(H,113,128)(H,114,132)(H,115,133)(H,116,129)(H,117,135)(H,118,130)(H,119,136)(H,120,137)(H,121,131)(H,122,134)(H,139,140)(H4,94,95,105)(H4,96,97,106)(H4,98,99,107)(H4,100,101,108)(H4,102,103,109)(H3,104,110,141)/t57-,58-,59-,60-,61-,62-,63+,64-,65-,66-,67-,68-,69-,70-/m0/s1. The average molecular weight is 2040 g/mol. The monoisotopic (exact) mass is 2040 g/mol. The predicted molar refractivity (Wildman–Crippen MR) is 541 cm³/mol. The average Bonchev–Trinajstić information content (AvgIpc) is 1.45. The molecule has 0 spiro atoms. The van der Waals surface area contributed by atoms with E-state index in [1.165, 1.54) is 53.4 Å². The number of likely N-dealkylation sites (tertiary alicyclic amines) is 1. The zero-order valence-electron chi connectivity index (χ0n) is 79.8. The molecule has 51 nitrogen and oxygen atoms in total. The number of benzene rings is 4. The number of guanidine groups is 5. The normalized spacial score (nSPS) is 14.8. The molecule has 14 atom stereocenters. The highest BCUT2D eigenvalue weighted by atomic mass is 32.1. The number of urea groups is 1. The highest BCUT2D eigenvalue weighted by Crippen LogP contribution is 2.24. The fourth-order valence-corrected chi connectivity index (χ4v) is 15.8. The lowest BCUT2D eigenvalue weighted by Crippen LogP contribution is -2.61. The van der Waals surface area contributed by atoms with Gasteiger partial charge in [-0.15, -0.1) is 0 Å². The number of rotatable bonds is 66. The lowest BCUT2D eigenvalue weighted by Gasteiger charge is -2.31. The number of carbonyl (C=O) groups is 15. The number of nitrogens with two attached hydrogens (primary N) is 9. The molecule has 15 amide bonds. The van der Waals surface area contributed by atoms with E-state index >= 15 is 28.8 Å². The largest absolute Gasteiger partial charge is 0.508 e. The van der Waals surface area contributed by atoms with Gasteiger partial charge in [-0.25, -0.2) is 9.59 Å². The number of amides is 15. The van der Waals surface area contributed by atoms with Gasteiger partial charge in [0, 0.05) is 76.6 Å². The molecule has 0 bridgehead atoms. The number of fused-ring (bicyclic) bond motifs is 1. The highest BCUT2D eigenvalue weighted by molar-refractivity contribution is 7.80. The molecule has 4 aromatic rings. The molecule has 1 saturated heterocycles. The van der Waals surface area contributed by atoms with Gasteiger partial charge in [0.15, 0.2) is 29.8 Å². The van der Waals surface area contributed by atoms with Crippen LogP contribution in [0.5, 0.6) is 11.5 Å². The molecule has 1 aliphatic heterocycles. The second-order valence-corrected chi connectivity index (χ2v) is 35.0. The number of hydrogen-bond acceptors (Lipinski definition) is 27. The Morgan fingerprint density at radius 3 is 1.01 bits per heavy atom. The van der Waals surface area contributed by atoms with Crippen molar-refractivity contribution in [3.63, 3.8) is 0 Å². The Morgan fingerprint density at radius 1 is 0.343 bits per heavy atom. The number of phenolic OH excluding ortho intramolecular Hbond substituents is 2. The van der Waals surface area contributed by atoms with E-state index in [2.05, 4.69) is 121 Å². The van der Waals surface area contributed by atoms with Crippen LogP contribution in [0.15, 0.2) is 91.0 Å². The fourth-order valence-electron chi connectivity index (χ4n) is 15.3. The smallest absolute Gasteiger partial charge is 0.326 e. The summed E-state index contributed by atoms with van der Waals surface area (Å²) in [5.74, 6) is -16.5. The maximum Gasteiger partial charge on any atom is 0.326 e. The summed E-state index contributed by atoms with van der Waals surface area (Å²) >= 11 is 8.69. The second-order valence-electron chi connectivity index (χ2n) is 34.3. The van der Waals surface area contributed by atoms with Crippen LogP contribution in [0.1, 0.15) is 145 Å². The Labute approximate surface area is 838 Å². The molecular weight excluding hydrogens is 1900 g/mol. The first-order valence-corrected chi connectivity index (χ1v) is 48.4. The number of carbonyl (C=O) groups excluding carboxylic acids is 14. The first-order chi connectivity index (χ1) is 68.1. The number of nitrogens with one attached hydrogen (secondary N) is 23. The van der Waals surface area contributed by atoms with Crippen LogP contribution in [0.3, 0.4) is 0 Å². The fraction of sp³-hybridized carbons (Fsp3) is 0.533. The van der Waals surface area contributed by atoms with Gasteiger partial charge in [-0.05, 0) is 193 Å². The van der Waals surface area contributed by atoms with Crippen LogP contribution in [-0.4, -0.2) is 294 Å². The van der Waals surface area contributed by atoms with Crippen LogP contribution >= 0.6 is 25.3 Å². The minimum atomic E-state index is -1.63. The molecular formula is C90H143N33O18S2. The van der Waals surface area contributed by atoms with E-state index < -0.39 is 197 Å². The minimum absolute atomic E-state index is 0.00313. The molecule has 0 aromatic heterocycles. The van der Waals surface area contributed by atoms with Gasteiger partial charge in [-0.1, -0.05) is 66.7 Å². The van der Waals surface area contributed by atoms with Crippen molar-refractivity contribution in [3.8, 4) is 11.5 Å². The first kappa shape index (κ1) is 119. The predicted octanol–water partition coefficient (Wildman–Crippen LogP) is -6.62. The number of nitrogens with zero attached hydrogens (tertiary/aromatic N) is 1. The first-order valence-electron chi connectivity index (χ1n) is 47.2. The van der Waals surface area contributed by atoms with Crippen molar-refractivity contribution in [2.75, 3.05) is 70.4 Å². The van der Waals surface area contributed by atoms with Crippen molar-refractivity contribution < 1.29 is 87.2 Å². The van der Waals surface area contributed by atoms with E-state index in [-0.39, 0.29) is 217 Å². The lowest BCUT2D eigenvalue weighted by molar-refractivity contribution is -0.142. The Hall–Kier alpha value is -14.5. The van der Waals surface area contributed by atoms with E-state index in [0.717, 1.165) is 10.8 Å².